The van der Waals surface area contributed by atoms with Crippen LogP contribution in [0.5, 0.6) is 5.88 Å². The number of hydrogen-bond donors (Lipinski definition) is 0. The van der Waals surface area contributed by atoms with Gasteiger partial charge in [0, 0.05) is 51.2 Å². The number of nitrogens with zero attached hydrogens (tertiary/aromatic N) is 5. The van der Waals surface area contributed by atoms with Gasteiger partial charge >= 0.3 is 0 Å². The molecular weight excluding hydrogens is 382 g/mol. The van der Waals surface area contributed by atoms with Gasteiger partial charge in [0.2, 0.25) is 5.88 Å². The molecule has 8 nitrogen and oxygen atoms in total. The molecular formula is C22H27N5O3. The lowest BCUT2D eigenvalue weighted by Crippen LogP contribution is -2.47. The summed E-state index contributed by atoms with van der Waals surface area (Å²) in [5.74, 6) is 0.435. The number of pyridine rings is 2. The molecule has 0 aromatic carbocycles. The van der Waals surface area contributed by atoms with Crippen LogP contribution in [0.4, 0.5) is 0 Å². The summed E-state index contributed by atoms with van der Waals surface area (Å²) < 4.78 is 5.07. The monoisotopic (exact) mass is 409 g/mol. The molecule has 1 atom stereocenters. The summed E-state index contributed by atoms with van der Waals surface area (Å²) in [5, 5.41) is 0. The summed E-state index contributed by atoms with van der Waals surface area (Å²) in [6.07, 6.45) is 4.96. The van der Waals surface area contributed by atoms with Gasteiger partial charge in [-0.05, 0) is 38.1 Å². The fourth-order valence-electron chi connectivity index (χ4n) is 4.03. The molecule has 2 aliphatic rings. The second kappa shape index (κ2) is 8.79. The Morgan fingerprint density at radius 2 is 1.63 bits per heavy atom. The molecule has 30 heavy (non-hydrogen) atoms. The largest absolute Gasteiger partial charge is 0.481 e. The lowest BCUT2D eigenvalue weighted by atomic mass is 10.1. The zero-order valence-corrected chi connectivity index (χ0v) is 17.5. The second-order valence-electron chi connectivity index (χ2n) is 7.81. The van der Waals surface area contributed by atoms with Crippen molar-refractivity contribution in [3.8, 4) is 5.88 Å². The van der Waals surface area contributed by atoms with Gasteiger partial charge < -0.3 is 19.4 Å². The summed E-state index contributed by atoms with van der Waals surface area (Å²) in [5.41, 5.74) is 1.94. The van der Waals surface area contributed by atoms with Crippen LogP contribution in [0.15, 0.2) is 36.7 Å². The number of hydrogen-bond acceptors (Lipinski definition) is 6. The van der Waals surface area contributed by atoms with Crippen molar-refractivity contribution in [2.45, 2.75) is 18.9 Å². The topological polar surface area (TPSA) is 78.9 Å². The van der Waals surface area contributed by atoms with Crippen LogP contribution in [-0.2, 0) is 0 Å². The fourth-order valence-corrected chi connectivity index (χ4v) is 4.03. The molecule has 2 amide bonds. The number of likely N-dealkylation sites (tertiary alicyclic amines) is 1. The highest BCUT2D eigenvalue weighted by molar-refractivity contribution is 5.95. The van der Waals surface area contributed by atoms with Crippen molar-refractivity contribution in [1.82, 2.24) is 24.7 Å². The minimum Gasteiger partial charge on any atom is -0.481 e. The molecule has 2 fully saturated rings. The quantitative estimate of drug-likeness (QED) is 0.767. The Morgan fingerprint density at radius 1 is 0.933 bits per heavy atom. The molecule has 0 unspecified atom stereocenters. The van der Waals surface area contributed by atoms with E-state index in [-0.39, 0.29) is 17.9 Å². The molecule has 0 bridgehead atoms. The highest BCUT2D eigenvalue weighted by atomic mass is 16.5. The number of methoxy groups -OCH3 is 1. The molecule has 4 rings (SSSR count). The van der Waals surface area contributed by atoms with Crippen molar-refractivity contribution >= 4 is 11.8 Å². The van der Waals surface area contributed by atoms with Crippen molar-refractivity contribution in [2.24, 2.45) is 0 Å². The minimum absolute atomic E-state index is 0.0193. The fraction of sp³-hybridized carbons (Fsp3) is 0.455. The Labute approximate surface area is 176 Å². The molecule has 0 saturated carbocycles. The lowest BCUT2D eigenvalue weighted by molar-refractivity contribution is 0.0662. The minimum atomic E-state index is -0.0904. The van der Waals surface area contributed by atoms with E-state index in [0.29, 0.717) is 23.6 Å². The lowest BCUT2D eigenvalue weighted by Gasteiger charge is -2.32. The number of carbonyl (C=O) groups excluding carboxylic acids is 2. The number of rotatable bonds is 4. The third-order valence-electron chi connectivity index (χ3n) is 5.87. The van der Waals surface area contributed by atoms with E-state index in [9.17, 15) is 9.59 Å². The average Bonchev–Trinajstić information content (AvgIpc) is 3.29. The maximum atomic E-state index is 13.0. The molecule has 158 valence electrons. The van der Waals surface area contributed by atoms with E-state index in [1.165, 1.54) is 0 Å². The summed E-state index contributed by atoms with van der Waals surface area (Å²) in [7, 11) is 3.61. The van der Waals surface area contributed by atoms with Crippen molar-refractivity contribution < 1.29 is 14.3 Å². The normalized spacial score (nSPS) is 19.7. The van der Waals surface area contributed by atoms with Crippen molar-refractivity contribution in [1.29, 1.82) is 0 Å². The summed E-state index contributed by atoms with van der Waals surface area (Å²) in [6, 6.07) is 7.04. The van der Waals surface area contributed by atoms with Crippen LogP contribution in [0.1, 0.15) is 45.3 Å². The number of piperazine rings is 1. The third-order valence-corrected chi connectivity index (χ3v) is 5.87. The first kappa shape index (κ1) is 20.3. The number of likely N-dealkylation sites (N-methyl/N-ethyl adjacent to an activating group) is 1. The molecule has 2 aromatic rings. The van der Waals surface area contributed by atoms with Gasteiger partial charge in [0.25, 0.3) is 11.8 Å². The maximum absolute atomic E-state index is 13.0. The van der Waals surface area contributed by atoms with Gasteiger partial charge in [-0.15, -0.1) is 0 Å². The predicted molar refractivity (Wildman–Crippen MR) is 111 cm³/mol. The molecule has 0 radical (unpaired) electrons. The van der Waals surface area contributed by atoms with Gasteiger partial charge in [-0.2, -0.15) is 0 Å². The average molecular weight is 409 g/mol. The Hall–Kier alpha value is -3.00. The van der Waals surface area contributed by atoms with Crippen molar-refractivity contribution in [3.63, 3.8) is 0 Å². The highest BCUT2D eigenvalue weighted by Crippen LogP contribution is 2.32. The number of aromatic nitrogens is 2. The molecule has 2 aliphatic heterocycles. The van der Waals surface area contributed by atoms with Gasteiger partial charge in [-0.25, -0.2) is 4.98 Å². The first-order valence-electron chi connectivity index (χ1n) is 10.3. The number of amides is 2. The van der Waals surface area contributed by atoms with Gasteiger partial charge in [0.1, 0.15) is 0 Å². The smallest absolute Gasteiger partial charge is 0.255 e. The Kier molecular flexibility index (Phi) is 5.94. The van der Waals surface area contributed by atoms with Crippen LogP contribution >= 0.6 is 0 Å². The molecule has 2 aromatic heterocycles. The van der Waals surface area contributed by atoms with Crippen LogP contribution in [0, 0.1) is 0 Å². The molecule has 2 saturated heterocycles. The molecule has 0 aliphatic carbocycles. The maximum Gasteiger partial charge on any atom is 0.255 e. The van der Waals surface area contributed by atoms with Crippen LogP contribution < -0.4 is 4.74 Å². The van der Waals surface area contributed by atoms with Crippen molar-refractivity contribution in [2.75, 3.05) is 46.9 Å². The van der Waals surface area contributed by atoms with E-state index in [4.69, 9.17) is 4.74 Å². The van der Waals surface area contributed by atoms with Crippen LogP contribution in [0.3, 0.4) is 0 Å². The van der Waals surface area contributed by atoms with E-state index in [1.54, 1.807) is 31.6 Å². The van der Waals surface area contributed by atoms with Gasteiger partial charge in [-0.3, -0.25) is 14.6 Å². The van der Waals surface area contributed by atoms with Crippen LogP contribution in [-0.4, -0.2) is 83.4 Å². The summed E-state index contributed by atoms with van der Waals surface area (Å²) in [4.78, 5) is 40.4. The van der Waals surface area contributed by atoms with Gasteiger partial charge in [-0.1, -0.05) is 0 Å². The Bertz CT molecular complexity index is 892. The first-order chi connectivity index (χ1) is 14.6. The SMILES string of the molecule is COc1ccc(C(=O)N2CCC[C@@H]2c2ccc(C(=O)N3CCN(C)CC3)cn2)cn1. The van der Waals surface area contributed by atoms with E-state index < -0.39 is 0 Å². The predicted octanol–water partition coefficient (Wildman–Crippen LogP) is 1.85. The number of carbonyl (C=O) groups is 2. The van der Waals surface area contributed by atoms with E-state index in [1.807, 2.05) is 21.9 Å². The van der Waals surface area contributed by atoms with Crippen LogP contribution in [0.25, 0.3) is 0 Å². The van der Waals surface area contributed by atoms with E-state index in [2.05, 4.69) is 21.9 Å². The zero-order chi connectivity index (χ0) is 21.1. The third kappa shape index (κ3) is 4.14. The summed E-state index contributed by atoms with van der Waals surface area (Å²) >= 11 is 0. The van der Waals surface area contributed by atoms with Crippen LogP contribution in [0.2, 0.25) is 0 Å². The molecule has 0 N–H and O–H groups in total. The Morgan fingerprint density at radius 3 is 2.27 bits per heavy atom. The van der Waals surface area contributed by atoms with E-state index in [0.717, 1.165) is 44.7 Å². The first-order valence-corrected chi connectivity index (χ1v) is 10.3. The van der Waals surface area contributed by atoms with Crippen molar-refractivity contribution in [3.05, 3.63) is 53.5 Å². The number of ether oxygens (including phenoxy) is 1. The molecule has 4 heterocycles. The molecule has 0 spiro atoms. The summed E-state index contributed by atoms with van der Waals surface area (Å²) in [6.45, 7) is 3.92. The molecule has 8 heteroatoms. The van der Waals surface area contributed by atoms with Gasteiger partial charge in [0.15, 0.2) is 0 Å². The highest BCUT2D eigenvalue weighted by Gasteiger charge is 2.32. The standard InChI is InChI=1S/C22H27N5O3/c1-25-10-12-26(13-11-25)21(28)16-5-7-18(23-14-16)19-4-3-9-27(19)22(29)17-6-8-20(30-2)24-15-17/h5-8,14-15,19H,3-4,9-13H2,1-2H3/t19-/m1/s1. The second-order valence-corrected chi connectivity index (χ2v) is 7.81. The van der Waals surface area contributed by atoms with Gasteiger partial charge in [0.05, 0.1) is 30.0 Å². The zero-order valence-electron chi connectivity index (χ0n) is 17.5. The van der Waals surface area contributed by atoms with E-state index >= 15 is 0 Å². The Balaban J connectivity index is 1.46.